The Morgan fingerprint density at radius 2 is 1.84 bits per heavy atom. The van der Waals surface area contributed by atoms with Crippen LogP contribution >= 0.6 is 11.3 Å². The maximum atomic E-state index is 3.54. The molecule has 0 radical (unpaired) electrons. The minimum absolute atomic E-state index is 0.498. The van der Waals surface area contributed by atoms with Gasteiger partial charge in [0.15, 0.2) is 0 Å². The smallest absolute Gasteiger partial charge is 0.0447 e. The van der Waals surface area contributed by atoms with Crippen molar-refractivity contribution in [3.8, 4) is 0 Å². The molecule has 0 amide bonds. The van der Waals surface area contributed by atoms with Crippen molar-refractivity contribution in [2.45, 2.75) is 32.2 Å². The van der Waals surface area contributed by atoms with Gasteiger partial charge in [0.1, 0.15) is 0 Å². The number of thiophene rings is 1. The summed E-state index contributed by atoms with van der Waals surface area (Å²) in [5, 5.41) is 3.54. The van der Waals surface area contributed by atoms with Crippen molar-refractivity contribution in [1.82, 2.24) is 5.32 Å². The molecule has 1 aliphatic rings. The summed E-state index contributed by atoms with van der Waals surface area (Å²) in [5.41, 5.74) is 3.08. The zero-order valence-electron chi connectivity index (χ0n) is 11.6. The van der Waals surface area contributed by atoms with Gasteiger partial charge in [-0.15, -0.1) is 11.3 Å². The summed E-state index contributed by atoms with van der Waals surface area (Å²) >= 11 is 1.97. The summed E-state index contributed by atoms with van der Waals surface area (Å²) in [6.07, 6.45) is 3.56. The average molecular weight is 271 g/mol. The van der Waals surface area contributed by atoms with Gasteiger partial charge in [0.25, 0.3) is 0 Å². The summed E-state index contributed by atoms with van der Waals surface area (Å²) in [7, 11) is 2.10. The first-order valence-electron chi connectivity index (χ1n) is 7.14. The first-order chi connectivity index (χ1) is 9.31. The Hall–Kier alpha value is -1.12. The van der Waals surface area contributed by atoms with Crippen LogP contribution in [0.4, 0.5) is 0 Å². The van der Waals surface area contributed by atoms with E-state index in [-0.39, 0.29) is 0 Å². The monoisotopic (exact) mass is 271 g/mol. The Labute approximate surface area is 119 Å². The number of hydrogen-bond acceptors (Lipinski definition) is 2. The molecule has 1 aromatic heterocycles. The van der Waals surface area contributed by atoms with Crippen molar-refractivity contribution in [3.05, 3.63) is 57.3 Å². The van der Waals surface area contributed by atoms with Gasteiger partial charge in [0.2, 0.25) is 0 Å². The van der Waals surface area contributed by atoms with E-state index < -0.39 is 0 Å². The van der Waals surface area contributed by atoms with Gasteiger partial charge in [-0.05, 0) is 55.5 Å². The van der Waals surface area contributed by atoms with Gasteiger partial charge in [0, 0.05) is 15.8 Å². The summed E-state index contributed by atoms with van der Waals surface area (Å²) in [6.45, 7) is 2.23. The highest BCUT2D eigenvalue weighted by Gasteiger charge is 2.29. The van der Waals surface area contributed by atoms with E-state index >= 15 is 0 Å². The van der Waals surface area contributed by atoms with E-state index in [1.54, 1.807) is 11.1 Å². The maximum Gasteiger partial charge on any atom is 0.0447 e. The van der Waals surface area contributed by atoms with Gasteiger partial charge in [-0.1, -0.05) is 31.2 Å². The van der Waals surface area contributed by atoms with Gasteiger partial charge in [-0.2, -0.15) is 0 Å². The Balaban J connectivity index is 1.81. The van der Waals surface area contributed by atoms with E-state index in [1.807, 2.05) is 11.3 Å². The van der Waals surface area contributed by atoms with Crippen LogP contribution in [0.2, 0.25) is 0 Å². The van der Waals surface area contributed by atoms with Gasteiger partial charge in [-0.25, -0.2) is 0 Å². The van der Waals surface area contributed by atoms with E-state index in [1.165, 1.54) is 22.6 Å². The topological polar surface area (TPSA) is 12.0 Å². The molecule has 1 aliphatic carbocycles. The van der Waals surface area contributed by atoms with Crippen molar-refractivity contribution in [1.29, 1.82) is 0 Å². The second-order valence-corrected chi connectivity index (χ2v) is 6.56. The number of nitrogens with one attached hydrogen (secondary N) is 1. The van der Waals surface area contributed by atoms with Crippen LogP contribution in [-0.2, 0) is 19.3 Å². The molecule has 0 fully saturated rings. The molecule has 100 valence electrons. The third-order valence-corrected chi connectivity index (χ3v) is 5.52. The van der Waals surface area contributed by atoms with E-state index in [9.17, 15) is 0 Å². The fraction of sp³-hybridized carbons (Fsp3) is 0.412. The predicted molar refractivity (Wildman–Crippen MR) is 82.8 cm³/mol. The molecule has 0 bridgehead atoms. The van der Waals surface area contributed by atoms with Crippen molar-refractivity contribution < 1.29 is 0 Å². The van der Waals surface area contributed by atoms with E-state index in [0.717, 1.165) is 6.42 Å². The Bertz CT molecular complexity index is 533. The lowest BCUT2D eigenvalue weighted by molar-refractivity contribution is 0.402. The third-order valence-electron chi connectivity index (χ3n) is 4.20. The van der Waals surface area contributed by atoms with Crippen LogP contribution in [0.15, 0.2) is 36.4 Å². The number of rotatable bonds is 4. The van der Waals surface area contributed by atoms with E-state index in [2.05, 4.69) is 55.7 Å². The van der Waals surface area contributed by atoms with Crippen molar-refractivity contribution >= 4 is 11.3 Å². The molecular formula is C17H21NS. The molecule has 0 spiro atoms. The lowest BCUT2D eigenvalue weighted by Gasteiger charge is -2.21. The summed E-state index contributed by atoms with van der Waals surface area (Å²) in [6, 6.07) is 14.0. The van der Waals surface area contributed by atoms with Crippen LogP contribution in [0, 0.1) is 5.92 Å². The van der Waals surface area contributed by atoms with Crippen molar-refractivity contribution in [2.24, 2.45) is 5.92 Å². The fourth-order valence-electron chi connectivity index (χ4n) is 3.19. The minimum Gasteiger partial charge on any atom is -0.312 e. The summed E-state index contributed by atoms with van der Waals surface area (Å²) in [4.78, 5) is 2.99. The molecule has 0 saturated heterocycles. The minimum atomic E-state index is 0.498. The fourth-order valence-corrected chi connectivity index (χ4v) is 4.35. The lowest BCUT2D eigenvalue weighted by atomic mass is 9.95. The molecule has 1 atom stereocenters. The maximum absolute atomic E-state index is 3.54. The predicted octanol–water partition coefficient (Wildman–Crippen LogP) is 3.99. The van der Waals surface area contributed by atoms with E-state index in [4.69, 9.17) is 0 Å². The quantitative estimate of drug-likeness (QED) is 0.886. The molecule has 1 aromatic carbocycles. The Morgan fingerprint density at radius 1 is 1.16 bits per heavy atom. The van der Waals surface area contributed by atoms with Crippen LogP contribution in [0.3, 0.4) is 0 Å². The molecule has 0 saturated carbocycles. The Morgan fingerprint density at radius 3 is 2.37 bits per heavy atom. The molecule has 3 rings (SSSR count). The SMILES string of the molecule is CCc1ccc(C(NC)C2Cc3ccccc3C2)s1. The highest BCUT2D eigenvalue weighted by molar-refractivity contribution is 7.12. The second kappa shape index (κ2) is 5.48. The molecule has 0 aliphatic heterocycles. The highest BCUT2D eigenvalue weighted by Crippen LogP contribution is 2.37. The highest BCUT2D eigenvalue weighted by atomic mass is 32.1. The van der Waals surface area contributed by atoms with E-state index in [0.29, 0.717) is 12.0 Å². The third kappa shape index (κ3) is 2.47. The molecule has 1 unspecified atom stereocenters. The normalized spacial score (nSPS) is 16.5. The molecule has 1 nitrogen and oxygen atoms in total. The zero-order chi connectivity index (χ0) is 13.2. The molecule has 1 heterocycles. The van der Waals surface area contributed by atoms with Crippen LogP contribution in [0.5, 0.6) is 0 Å². The van der Waals surface area contributed by atoms with Crippen molar-refractivity contribution in [2.75, 3.05) is 7.05 Å². The number of fused-ring (bicyclic) bond motifs is 1. The van der Waals surface area contributed by atoms with Gasteiger partial charge >= 0.3 is 0 Å². The van der Waals surface area contributed by atoms with Crippen LogP contribution in [-0.4, -0.2) is 7.05 Å². The largest absolute Gasteiger partial charge is 0.312 e. The van der Waals surface area contributed by atoms with Gasteiger partial charge in [-0.3, -0.25) is 0 Å². The van der Waals surface area contributed by atoms with Gasteiger partial charge < -0.3 is 5.32 Å². The van der Waals surface area contributed by atoms with Gasteiger partial charge in [0.05, 0.1) is 0 Å². The summed E-state index contributed by atoms with van der Waals surface area (Å²) in [5.74, 6) is 0.700. The zero-order valence-corrected chi connectivity index (χ0v) is 12.5. The average Bonchev–Trinajstić information content (AvgIpc) is 3.05. The van der Waals surface area contributed by atoms with Crippen molar-refractivity contribution in [3.63, 3.8) is 0 Å². The molecule has 1 N–H and O–H groups in total. The summed E-state index contributed by atoms with van der Waals surface area (Å²) < 4.78 is 0. The van der Waals surface area contributed by atoms with Crippen LogP contribution in [0.25, 0.3) is 0 Å². The first-order valence-corrected chi connectivity index (χ1v) is 7.96. The molecule has 2 aromatic rings. The lowest BCUT2D eigenvalue weighted by Crippen LogP contribution is -2.24. The molecular weight excluding hydrogens is 250 g/mol. The first kappa shape index (κ1) is 12.9. The number of benzene rings is 1. The van der Waals surface area contributed by atoms with Crippen LogP contribution in [0.1, 0.15) is 33.8 Å². The standard InChI is InChI=1S/C17H21NS/c1-3-15-8-9-16(19-15)17(18-2)14-10-12-6-4-5-7-13(12)11-14/h4-9,14,17-18H,3,10-11H2,1-2H3. The van der Waals surface area contributed by atoms with Crippen LogP contribution < -0.4 is 5.32 Å². The Kier molecular flexibility index (Phi) is 3.72. The number of hydrogen-bond donors (Lipinski definition) is 1. The second-order valence-electron chi connectivity index (χ2n) is 5.36. The molecule has 19 heavy (non-hydrogen) atoms. The molecule has 2 heteroatoms. The number of aryl methyl sites for hydroxylation is 1.